The van der Waals surface area contributed by atoms with Crippen molar-refractivity contribution in [3.8, 4) is 5.75 Å². The molecule has 0 unspecified atom stereocenters. The van der Waals surface area contributed by atoms with E-state index in [2.05, 4.69) is 5.32 Å². The van der Waals surface area contributed by atoms with Gasteiger partial charge in [0.15, 0.2) is 11.6 Å². The summed E-state index contributed by atoms with van der Waals surface area (Å²) in [6.45, 7) is 3.28. The minimum Gasteiger partial charge on any atom is -0.494 e. The molecule has 1 fully saturated rings. The van der Waals surface area contributed by atoms with Gasteiger partial charge >= 0.3 is 0 Å². The SMILES string of the molecule is COc1ccc(S(=O)(=O)N2CCN[C@H](C)C2)cc1F. The molecule has 2 rings (SSSR count). The highest BCUT2D eigenvalue weighted by molar-refractivity contribution is 7.89. The van der Waals surface area contributed by atoms with Gasteiger partial charge in [-0.15, -0.1) is 0 Å². The van der Waals surface area contributed by atoms with Gasteiger partial charge in [0.2, 0.25) is 10.0 Å². The normalized spacial score (nSPS) is 21.3. The van der Waals surface area contributed by atoms with E-state index in [4.69, 9.17) is 4.74 Å². The Morgan fingerprint density at radius 3 is 2.79 bits per heavy atom. The average molecular weight is 288 g/mol. The van der Waals surface area contributed by atoms with Crippen LogP contribution in [0, 0.1) is 5.82 Å². The molecular formula is C12H17FN2O3S. The highest BCUT2D eigenvalue weighted by atomic mass is 32.2. The third-order valence-electron chi connectivity index (χ3n) is 3.09. The maximum atomic E-state index is 13.6. The van der Waals surface area contributed by atoms with E-state index in [-0.39, 0.29) is 16.7 Å². The second kappa shape index (κ2) is 5.44. The van der Waals surface area contributed by atoms with Crippen molar-refractivity contribution in [3.05, 3.63) is 24.0 Å². The minimum atomic E-state index is -3.64. The summed E-state index contributed by atoms with van der Waals surface area (Å²) >= 11 is 0. The fourth-order valence-electron chi connectivity index (χ4n) is 2.07. The molecule has 5 nitrogen and oxygen atoms in total. The molecule has 1 aromatic rings. The van der Waals surface area contributed by atoms with Gasteiger partial charge in [-0.1, -0.05) is 0 Å². The Morgan fingerprint density at radius 1 is 1.47 bits per heavy atom. The van der Waals surface area contributed by atoms with Crippen LogP contribution in [0.25, 0.3) is 0 Å². The van der Waals surface area contributed by atoms with Crippen LogP contribution in [0.2, 0.25) is 0 Å². The molecule has 0 aliphatic carbocycles. The van der Waals surface area contributed by atoms with E-state index in [9.17, 15) is 12.8 Å². The molecule has 0 saturated carbocycles. The van der Waals surface area contributed by atoms with Crippen molar-refractivity contribution < 1.29 is 17.5 Å². The first kappa shape index (κ1) is 14.2. The van der Waals surface area contributed by atoms with Crippen molar-refractivity contribution in [1.29, 1.82) is 0 Å². The number of nitrogens with one attached hydrogen (secondary N) is 1. The lowest BCUT2D eigenvalue weighted by molar-refractivity contribution is 0.310. The largest absolute Gasteiger partial charge is 0.494 e. The molecule has 7 heteroatoms. The number of rotatable bonds is 3. The monoisotopic (exact) mass is 288 g/mol. The molecule has 0 radical (unpaired) electrons. The van der Waals surface area contributed by atoms with Crippen molar-refractivity contribution >= 4 is 10.0 Å². The molecule has 1 aromatic carbocycles. The number of ether oxygens (including phenoxy) is 1. The Balaban J connectivity index is 2.31. The molecule has 0 aromatic heterocycles. The van der Waals surface area contributed by atoms with Crippen molar-refractivity contribution in [3.63, 3.8) is 0 Å². The van der Waals surface area contributed by atoms with Gasteiger partial charge in [0, 0.05) is 25.7 Å². The van der Waals surface area contributed by atoms with Gasteiger partial charge in [-0.05, 0) is 25.1 Å². The summed E-state index contributed by atoms with van der Waals surface area (Å²) < 4.78 is 44.5. The number of hydrogen-bond acceptors (Lipinski definition) is 4. The van der Waals surface area contributed by atoms with E-state index >= 15 is 0 Å². The summed E-state index contributed by atoms with van der Waals surface area (Å²) in [5, 5.41) is 3.16. The van der Waals surface area contributed by atoms with E-state index in [1.165, 1.54) is 23.5 Å². The van der Waals surface area contributed by atoms with Crippen molar-refractivity contribution in [2.24, 2.45) is 0 Å². The topological polar surface area (TPSA) is 58.6 Å². The summed E-state index contributed by atoms with van der Waals surface area (Å²) in [5.41, 5.74) is 0. The molecule has 1 aliphatic rings. The van der Waals surface area contributed by atoms with E-state index in [1.807, 2.05) is 6.92 Å². The van der Waals surface area contributed by atoms with Gasteiger partial charge in [0.1, 0.15) is 0 Å². The van der Waals surface area contributed by atoms with Crippen molar-refractivity contribution in [1.82, 2.24) is 9.62 Å². The fourth-order valence-corrected chi connectivity index (χ4v) is 3.61. The minimum absolute atomic E-state index is 0.0348. The highest BCUT2D eigenvalue weighted by Crippen LogP contribution is 2.23. The van der Waals surface area contributed by atoms with Gasteiger partial charge in [0.25, 0.3) is 0 Å². The number of nitrogens with zero attached hydrogens (tertiary/aromatic N) is 1. The third-order valence-corrected chi connectivity index (χ3v) is 4.95. The average Bonchev–Trinajstić information content (AvgIpc) is 2.38. The standard InChI is InChI=1S/C12H17FN2O3S/c1-9-8-15(6-5-14-9)19(16,17)10-3-4-12(18-2)11(13)7-10/h3-4,7,9,14H,5-6,8H2,1-2H3/t9-/m1/s1. The lowest BCUT2D eigenvalue weighted by Crippen LogP contribution is -2.51. The first-order chi connectivity index (χ1) is 8.95. The predicted molar refractivity (Wildman–Crippen MR) is 69.2 cm³/mol. The lowest BCUT2D eigenvalue weighted by Gasteiger charge is -2.31. The zero-order valence-corrected chi connectivity index (χ0v) is 11.7. The van der Waals surface area contributed by atoms with Gasteiger partial charge < -0.3 is 10.1 Å². The van der Waals surface area contributed by atoms with Crippen LogP contribution in [0.1, 0.15) is 6.92 Å². The molecule has 0 bridgehead atoms. The maximum absolute atomic E-state index is 13.6. The number of hydrogen-bond donors (Lipinski definition) is 1. The van der Waals surface area contributed by atoms with E-state index in [0.29, 0.717) is 19.6 Å². The summed E-state index contributed by atoms with van der Waals surface area (Å²) in [7, 11) is -2.31. The van der Waals surface area contributed by atoms with Crippen LogP contribution in [0.15, 0.2) is 23.1 Å². The molecule has 0 spiro atoms. The summed E-state index contributed by atoms with van der Waals surface area (Å²) in [4.78, 5) is -0.0418. The summed E-state index contributed by atoms with van der Waals surface area (Å²) in [5.74, 6) is -0.639. The Kier molecular flexibility index (Phi) is 4.07. The van der Waals surface area contributed by atoms with Gasteiger partial charge in [-0.3, -0.25) is 0 Å². The molecule has 19 heavy (non-hydrogen) atoms. The first-order valence-electron chi connectivity index (χ1n) is 6.02. The Bertz CT molecular complexity index is 562. The molecule has 106 valence electrons. The number of halogens is 1. The molecule has 1 aliphatic heterocycles. The van der Waals surface area contributed by atoms with Crippen LogP contribution in [0.4, 0.5) is 4.39 Å². The predicted octanol–water partition coefficient (Wildman–Crippen LogP) is 0.817. The first-order valence-corrected chi connectivity index (χ1v) is 7.46. The van der Waals surface area contributed by atoms with Crippen LogP contribution in [-0.2, 0) is 10.0 Å². The summed E-state index contributed by atoms with van der Waals surface area (Å²) in [6.07, 6.45) is 0. The molecule has 1 heterocycles. The Morgan fingerprint density at radius 2 is 2.21 bits per heavy atom. The number of methoxy groups -OCH3 is 1. The van der Waals surface area contributed by atoms with Crippen LogP contribution < -0.4 is 10.1 Å². The van der Waals surface area contributed by atoms with Gasteiger partial charge in [-0.25, -0.2) is 12.8 Å². The quantitative estimate of drug-likeness (QED) is 0.894. The molecule has 0 amide bonds. The molecule has 1 N–H and O–H groups in total. The van der Waals surface area contributed by atoms with Gasteiger partial charge in [0.05, 0.1) is 12.0 Å². The Labute approximate surface area is 112 Å². The highest BCUT2D eigenvalue weighted by Gasteiger charge is 2.29. The van der Waals surface area contributed by atoms with Crippen molar-refractivity contribution in [2.45, 2.75) is 17.9 Å². The Hall–Kier alpha value is -1.18. The molecular weight excluding hydrogens is 271 g/mol. The number of piperazine rings is 1. The molecule has 1 atom stereocenters. The van der Waals surface area contributed by atoms with Gasteiger partial charge in [-0.2, -0.15) is 4.31 Å². The smallest absolute Gasteiger partial charge is 0.243 e. The fraction of sp³-hybridized carbons (Fsp3) is 0.500. The third kappa shape index (κ3) is 2.88. The maximum Gasteiger partial charge on any atom is 0.243 e. The second-order valence-corrected chi connectivity index (χ2v) is 6.45. The number of benzene rings is 1. The van der Waals surface area contributed by atoms with Crippen LogP contribution >= 0.6 is 0 Å². The van der Waals surface area contributed by atoms with Crippen LogP contribution in [0.3, 0.4) is 0 Å². The van der Waals surface area contributed by atoms with Crippen LogP contribution in [0.5, 0.6) is 5.75 Å². The second-order valence-electron chi connectivity index (χ2n) is 4.51. The van der Waals surface area contributed by atoms with Crippen molar-refractivity contribution in [2.75, 3.05) is 26.7 Å². The van der Waals surface area contributed by atoms with Crippen LogP contribution in [-0.4, -0.2) is 45.5 Å². The lowest BCUT2D eigenvalue weighted by atomic mass is 10.3. The zero-order valence-electron chi connectivity index (χ0n) is 10.9. The molecule has 1 saturated heterocycles. The summed E-state index contributed by atoms with van der Waals surface area (Å²) in [6, 6.07) is 3.78. The van der Waals surface area contributed by atoms with E-state index < -0.39 is 15.8 Å². The van der Waals surface area contributed by atoms with E-state index in [1.54, 1.807) is 0 Å². The zero-order chi connectivity index (χ0) is 14.0. The van der Waals surface area contributed by atoms with E-state index in [0.717, 1.165) is 6.07 Å². The number of sulfonamides is 1.